The highest BCUT2D eigenvalue weighted by Crippen LogP contribution is 2.35. The Kier molecular flexibility index (Phi) is 4.67. The van der Waals surface area contributed by atoms with Crippen molar-refractivity contribution in [3.8, 4) is 6.07 Å². The highest BCUT2D eigenvalue weighted by atomic mass is 15.2. The minimum atomic E-state index is 0.689. The van der Waals surface area contributed by atoms with E-state index in [-0.39, 0.29) is 0 Å². The van der Waals surface area contributed by atoms with Crippen LogP contribution in [0.3, 0.4) is 0 Å². The normalized spacial score (nSPS) is 14.4. The molecule has 0 atom stereocenters. The van der Waals surface area contributed by atoms with Crippen LogP contribution >= 0.6 is 0 Å². The molecule has 0 radical (unpaired) electrons. The molecular weight excluding hydrogens is 368 g/mol. The largest absolute Gasteiger partial charge is 0.357 e. The molecule has 1 aliphatic heterocycles. The number of benzene rings is 2. The van der Waals surface area contributed by atoms with E-state index in [0.29, 0.717) is 5.56 Å². The quantitative estimate of drug-likeness (QED) is 0.457. The first kappa shape index (κ1) is 18.7. The summed E-state index contributed by atoms with van der Waals surface area (Å²) in [5, 5.41) is 10.1. The number of nitriles is 1. The number of aromatic nitrogens is 2. The lowest BCUT2D eigenvalue weighted by atomic mass is 9.96. The fourth-order valence-corrected chi connectivity index (χ4v) is 4.72. The SMILES string of the molecule is Cc1ccc(Cc2c(C)c(C#N)c3nc4ccccc4n3c2N2CCCCC2)cc1. The molecule has 1 saturated heterocycles. The number of imidazole rings is 1. The lowest BCUT2D eigenvalue weighted by molar-refractivity contribution is 0.570. The number of pyridine rings is 1. The molecule has 0 unspecified atom stereocenters. The van der Waals surface area contributed by atoms with Gasteiger partial charge in [0.05, 0.1) is 16.6 Å². The third-order valence-electron chi connectivity index (χ3n) is 6.36. The standard InChI is InChI=1S/C26H26N4/c1-18-10-12-20(13-11-18)16-21-19(2)22(17-27)25-28-23-8-4-5-9-24(23)30(25)26(21)29-14-6-3-7-15-29/h4-5,8-13H,3,6-7,14-16H2,1-2H3. The smallest absolute Gasteiger partial charge is 0.157 e. The first-order valence-corrected chi connectivity index (χ1v) is 10.8. The number of para-hydroxylation sites is 2. The average Bonchev–Trinajstić information content (AvgIpc) is 3.15. The summed E-state index contributed by atoms with van der Waals surface area (Å²) in [4.78, 5) is 7.39. The van der Waals surface area contributed by atoms with Crippen LogP contribution in [0.5, 0.6) is 0 Å². The van der Waals surface area contributed by atoms with E-state index < -0.39 is 0 Å². The van der Waals surface area contributed by atoms with Gasteiger partial charge in [-0.25, -0.2) is 4.98 Å². The van der Waals surface area contributed by atoms with E-state index in [4.69, 9.17) is 4.98 Å². The first-order valence-electron chi connectivity index (χ1n) is 10.8. The molecule has 4 heteroatoms. The third-order valence-corrected chi connectivity index (χ3v) is 6.36. The van der Waals surface area contributed by atoms with Crippen LogP contribution in [0.25, 0.3) is 16.7 Å². The van der Waals surface area contributed by atoms with Gasteiger partial charge in [-0.15, -0.1) is 0 Å². The van der Waals surface area contributed by atoms with Crippen LogP contribution in [0.15, 0.2) is 48.5 Å². The average molecular weight is 395 g/mol. The van der Waals surface area contributed by atoms with Gasteiger partial charge < -0.3 is 4.90 Å². The van der Waals surface area contributed by atoms with Gasteiger partial charge in [0.25, 0.3) is 0 Å². The second-order valence-electron chi connectivity index (χ2n) is 8.38. The van der Waals surface area contributed by atoms with Crippen molar-refractivity contribution in [2.45, 2.75) is 39.5 Å². The zero-order chi connectivity index (χ0) is 20.7. The van der Waals surface area contributed by atoms with Crippen molar-refractivity contribution in [2.75, 3.05) is 18.0 Å². The third kappa shape index (κ3) is 3.02. The van der Waals surface area contributed by atoms with E-state index in [1.165, 1.54) is 41.8 Å². The Labute approximate surface area is 177 Å². The number of hydrogen-bond donors (Lipinski definition) is 0. The highest BCUT2D eigenvalue weighted by Gasteiger charge is 2.25. The van der Waals surface area contributed by atoms with Crippen LogP contribution in [-0.4, -0.2) is 22.5 Å². The van der Waals surface area contributed by atoms with Crippen molar-refractivity contribution in [3.05, 3.63) is 76.3 Å². The molecule has 150 valence electrons. The van der Waals surface area contributed by atoms with Gasteiger partial charge in [0, 0.05) is 25.1 Å². The topological polar surface area (TPSA) is 44.3 Å². The van der Waals surface area contributed by atoms with E-state index in [9.17, 15) is 5.26 Å². The molecule has 3 heterocycles. The molecular formula is C26H26N4. The Bertz CT molecular complexity index is 1270. The van der Waals surface area contributed by atoms with E-state index in [0.717, 1.165) is 41.8 Å². The number of anilines is 1. The van der Waals surface area contributed by atoms with Gasteiger partial charge in [-0.3, -0.25) is 4.40 Å². The van der Waals surface area contributed by atoms with Crippen LogP contribution in [-0.2, 0) is 6.42 Å². The van der Waals surface area contributed by atoms with E-state index >= 15 is 0 Å². The van der Waals surface area contributed by atoms with Crippen molar-refractivity contribution in [3.63, 3.8) is 0 Å². The van der Waals surface area contributed by atoms with Crippen LogP contribution in [0.2, 0.25) is 0 Å². The molecule has 2 aromatic carbocycles. The Morgan fingerprint density at radius 2 is 1.70 bits per heavy atom. The second kappa shape index (κ2) is 7.50. The maximum Gasteiger partial charge on any atom is 0.157 e. The van der Waals surface area contributed by atoms with Gasteiger partial charge >= 0.3 is 0 Å². The van der Waals surface area contributed by atoms with E-state index in [1.54, 1.807) is 0 Å². The zero-order valence-electron chi connectivity index (χ0n) is 17.7. The monoisotopic (exact) mass is 394 g/mol. The molecule has 0 bridgehead atoms. The van der Waals surface area contributed by atoms with E-state index in [2.05, 4.69) is 65.6 Å². The maximum absolute atomic E-state index is 10.1. The fraction of sp³-hybridized carbons (Fsp3) is 0.308. The molecule has 0 amide bonds. The van der Waals surface area contributed by atoms with Gasteiger partial charge in [-0.1, -0.05) is 42.0 Å². The molecule has 2 aromatic heterocycles. The summed E-state index contributed by atoms with van der Waals surface area (Å²) in [5.74, 6) is 1.22. The molecule has 5 rings (SSSR count). The second-order valence-corrected chi connectivity index (χ2v) is 8.38. The van der Waals surface area contributed by atoms with Crippen LogP contribution in [0.4, 0.5) is 5.82 Å². The number of aryl methyl sites for hydroxylation is 1. The zero-order valence-corrected chi connectivity index (χ0v) is 17.7. The van der Waals surface area contributed by atoms with Crippen molar-refractivity contribution in [1.29, 1.82) is 5.26 Å². The minimum Gasteiger partial charge on any atom is -0.357 e. The summed E-state index contributed by atoms with van der Waals surface area (Å²) >= 11 is 0. The van der Waals surface area contributed by atoms with Gasteiger partial charge in [-0.05, 0) is 56.4 Å². The maximum atomic E-state index is 10.1. The van der Waals surface area contributed by atoms with Crippen LogP contribution < -0.4 is 4.90 Å². The van der Waals surface area contributed by atoms with Crippen molar-refractivity contribution >= 4 is 22.5 Å². The summed E-state index contributed by atoms with van der Waals surface area (Å²) in [7, 11) is 0. The summed E-state index contributed by atoms with van der Waals surface area (Å²) in [5.41, 5.74) is 8.33. The fourth-order valence-electron chi connectivity index (χ4n) is 4.72. The highest BCUT2D eigenvalue weighted by molar-refractivity contribution is 5.86. The summed E-state index contributed by atoms with van der Waals surface area (Å²) in [6.45, 7) is 6.31. The van der Waals surface area contributed by atoms with Gasteiger partial charge in [-0.2, -0.15) is 5.26 Å². The number of piperidine rings is 1. The predicted molar refractivity (Wildman–Crippen MR) is 122 cm³/mol. The molecule has 4 aromatic rings. The van der Waals surface area contributed by atoms with Crippen LogP contribution in [0, 0.1) is 25.2 Å². The molecule has 30 heavy (non-hydrogen) atoms. The molecule has 0 aliphatic carbocycles. The summed E-state index contributed by atoms with van der Waals surface area (Å²) in [6.07, 6.45) is 4.51. The van der Waals surface area contributed by atoms with Crippen LogP contribution in [0.1, 0.15) is 47.1 Å². The molecule has 1 fully saturated rings. The molecule has 0 spiro atoms. The van der Waals surface area contributed by atoms with Gasteiger partial charge in [0.2, 0.25) is 0 Å². The lowest BCUT2D eigenvalue weighted by Crippen LogP contribution is -2.32. The van der Waals surface area contributed by atoms with E-state index in [1.807, 2.05) is 12.1 Å². The molecule has 0 N–H and O–H groups in total. The number of nitrogens with zero attached hydrogens (tertiary/aromatic N) is 4. The lowest BCUT2D eigenvalue weighted by Gasteiger charge is -2.32. The molecule has 1 aliphatic rings. The summed E-state index contributed by atoms with van der Waals surface area (Å²) in [6, 6.07) is 19.4. The van der Waals surface area contributed by atoms with Gasteiger partial charge in [0.1, 0.15) is 11.9 Å². The number of hydrogen-bond acceptors (Lipinski definition) is 3. The predicted octanol–water partition coefficient (Wildman–Crippen LogP) is 5.56. The minimum absolute atomic E-state index is 0.689. The van der Waals surface area contributed by atoms with Gasteiger partial charge in [0.15, 0.2) is 5.65 Å². The van der Waals surface area contributed by atoms with Crippen molar-refractivity contribution in [1.82, 2.24) is 9.38 Å². The van der Waals surface area contributed by atoms with Crippen molar-refractivity contribution < 1.29 is 0 Å². The molecule has 4 nitrogen and oxygen atoms in total. The number of rotatable bonds is 3. The Hall–Kier alpha value is -3.32. The first-order chi connectivity index (χ1) is 14.7. The summed E-state index contributed by atoms with van der Waals surface area (Å²) < 4.78 is 2.25. The Balaban J connectivity index is 1.84. The number of fused-ring (bicyclic) bond motifs is 3. The van der Waals surface area contributed by atoms with Crippen molar-refractivity contribution in [2.24, 2.45) is 0 Å². The Morgan fingerprint density at radius 1 is 0.967 bits per heavy atom. The Morgan fingerprint density at radius 3 is 2.43 bits per heavy atom. The molecule has 0 saturated carbocycles.